The van der Waals surface area contributed by atoms with Crippen molar-refractivity contribution in [2.45, 2.75) is 26.7 Å². The molecule has 1 aromatic rings. The van der Waals surface area contributed by atoms with E-state index in [0.717, 1.165) is 28.1 Å². The molecule has 0 saturated heterocycles. The molecule has 24 heavy (non-hydrogen) atoms. The highest BCUT2D eigenvalue weighted by atomic mass is 16.5. The Morgan fingerprint density at radius 1 is 1.17 bits per heavy atom. The van der Waals surface area contributed by atoms with Crippen molar-refractivity contribution in [3.63, 3.8) is 0 Å². The predicted molar refractivity (Wildman–Crippen MR) is 91.1 cm³/mol. The lowest BCUT2D eigenvalue weighted by Gasteiger charge is -2.36. The summed E-state index contributed by atoms with van der Waals surface area (Å²) in [5.41, 5.74) is 5.35. The molecule has 1 unspecified atom stereocenters. The van der Waals surface area contributed by atoms with Crippen molar-refractivity contribution >= 4 is 12.4 Å². The van der Waals surface area contributed by atoms with E-state index in [1.807, 2.05) is 57.0 Å². The van der Waals surface area contributed by atoms with Crippen LogP contribution in [0.15, 0.2) is 46.8 Å². The van der Waals surface area contributed by atoms with E-state index in [1.54, 1.807) is 0 Å². The average molecular weight is 329 g/mol. The molecule has 0 spiro atoms. The second-order valence-electron chi connectivity index (χ2n) is 5.91. The first kappa shape index (κ1) is 17.8. The number of hydrogen-bond acceptors (Lipinski definition) is 5. The summed E-state index contributed by atoms with van der Waals surface area (Å²) in [6.45, 7) is 6.43. The molecule has 0 fully saturated rings. The van der Waals surface area contributed by atoms with E-state index in [-0.39, 0.29) is 18.5 Å². The molecule has 128 valence electrons. The fourth-order valence-electron chi connectivity index (χ4n) is 3.05. The quantitative estimate of drug-likeness (QED) is 0.614. The van der Waals surface area contributed by atoms with E-state index in [0.29, 0.717) is 12.0 Å². The second kappa shape index (κ2) is 7.34. The zero-order valence-electron chi connectivity index (χ0n) is 14.8. The summed E-state index contributed by atoms with van der Waals surface area (Å²) >= 11 is 0. The van der Waals surface area contributed by atoms with Crippen molar-refractivity contribution in [2.24, 2.45) is 0 Å². The molecule has 0 radical (unpaired) electrons. The van der Waals surface area contributed by atoms with Gasteiger partial charge in [-0.3, -0.25) is 4.79 Å². The first-order valence-corrected chi connectivity index (χ1v) is 7.76. The molecular weight excluding hydrogens is 306 g/mol. The maximum Gasteiger partial charge on any atom is 0.336 e. The van der Waals surface area contributed by atoms with E-state index in [9.17, 15) is 9.59 Å². The number of nitrogens with zero attached hydrogens (tertiary/aromatic N) is 1. The van der Waals surface area contributed by atoms with Gasteiger partial charge in [-0.05, 0) is 31.9 Å². The number of methoxy groups -OCH3 is 1. The van der Waals surface area contributed by atoms with Crippen LogP contribution >= 0.6 is 0 Å². The van der Waals surface area contributed by atoms with Crippen LogP contribution in [0.1, 0.15) is 30.9 Å². The molecule has 0 bridgehead atoms. The van der Waals surface area contributed by atoms with Crippen molar-refractivity contribution < 1.29 is 19.1 Å². The molecule has 1 aromatic carbocycles. The molecule has 0 aromatic heterocycles. The largest absolute Gasteiger partial charge is 0.466 e. The lowest BCUT2D eigenvalue weighted by atomic mass is 9.80. The smallest absolute Gasteiger partial charge is 0.336 e. The molecule has 5 heteroatoms. The van der Waals surface area contributed by atoms with Crippen LogP contribution in [0.5, 0.6) is 0 Å². The van der Waals surface area contributed by atoms with Crippen LogP contribution in [-0.4, -0.2) is 38.1 Å². The topological polar surface area (TPSA) is 55.8 Å². The van der Waals surface area contributed by atoms with Gasteiger partial charge in [-0.15, -0.1) is 0 Å². The van der Waals surface area contributed by atoms with Gasteiger partial charge in [-0.25, -0.2) is 4.79 Å². The summed E-state index contributed by atoms with van der Waals surface area (Å²) in [7, 11) is 3.27. The van der Waals surface area contributed by atoms with Crippen molar-refractivity contribution in [2.75, 3.05) is 20.8 Å². The van der Waals surface area contributed by atoms with Crippen LogP contribution in [0.3, 0.4) is 0 Å². The molecule has 0 amide bonds. The molecule has 1 heterocycles. The second-order valence-corrected chi connectivity index (χ2v) is 5.91. The van der Waals surface area contributed by atoms with Gasteiger partial charge in [0.05, 0.1) is 12.7 Å². The van der Waals surface area contributed by atoms with Gasteiger partial charge in [0, 0.05) is 24.4 Å². The maximum absolute atomic E-state index is 12.5. The Morgan fingerprint density at radius 2 is 1.79 bits per heavy atom. The molecule has 2 rings (SSSR count). The molecule has 1 atom stereocenters. The zero-order chi connectivity index (χ0) is 17.9. The predicted octanol–water partition coefficient (Wildman–Crippen LogP) is 2.92. The third-order valence-corrected chi connectivity index (χ3v) is 4.62. The molecule has 1 aliphatic rings. The van der Waals surface area contributed by atoms with Gasteiger partial charge in [0.25, 0.3) is 6.47 Å². The Kier molecular flexibility index (Phi) is 5.44. The van der Waals surface area contributed by atoms with Gasteiger partial charge < -0.3 is 14.4 Å². The summed E-state index contributed by atoms with van der Waals surface area (Å²) in [6, 6.07) is 8.00. The van der Waals surface area contributed by atoms with Crippen molar-refractivity contribution in [1.29, 1.82) is 0 Å². The number of esters is 1. The van der Waals surface area contributed by atoms with Crippen molar-refractivity contribution in [3.8, 4) is 0 Å². The number of rotatable bonds is 5. The fraction of sp³-hybridized carbons (Fsp3) is 0.368. The zero-order valence-corrected chi connectivity index (χ0v) is 14.8. The van der Waals surface area contributed by atoms with Gasteiger partial charge in [0.1, 0.15) is 6.61 Å². The first-order chi connectivity index (χ1) is 11.4. The number of allylic oxidation sites excluding steroid dienone is 2. The molecule has 5 nitrogen and oxygen atoms in total. The molecular formula is C19H23NO4. The first-order valence-electron chi connectivity index (χ1n) is 7.76. The summed E-state index contributed by atoms with van der Waals surface area (Å²) < 4.78 is 10.0. The lowest BCUT2D eigenvalue weighted by Crippen LogP contribution is -2.31. The van der Waals surface area contributed by atoms with Crippen LogP contribution < -0.4 is 0 Å². The van der Waals surface area contributed by atoms with Crippen LogP contribution in [0.4, 0.5) is 0 Å². The Hall–Kier alpha value is -2.56. The number of aryl methyl sites for hydroxylation is 1. The summed E-state index contributed by atoms with van der Waals surface area (Å²) in [5.74, 6) is -0.671. The Balaban J connectivity index is 2.64. The van der Waals surface area contributed by atoms with Gasteiger partial charge in [0.2, 0.25) is 0 Å². The minimum Gasteiger partial charge on any atom is -0.466 e. The molecule has 0 N–H and O–H groups in total. The summed E-state index contributed by atoms with van der Waals surface area (Å²) in [5, 5.41) is 0. The van der Waals surface area contributed by atoms with Gasteiger partial charge in [0.15, 0.2) is 0 Å². The van der Waals surface area contributed by atoms with Crippen molar-refractivity contribution in [1.82, 2.24) is 4.90 Å². The van der Waals surface area contributed by atoms with Gasteiger partial charge in [-0.1, -0.05) is 29.8 Å². The number of hydrogen-bond donors (Lipinski definition) is 0. The number of benzene rings is 1. The number of carbonyl (C=O) groups excluding carboxylic acids is 2. The van der Waals surface area contributed by atoms with E-state index in [4.69, 9.17) is 9.47 Å². The monoisotopic (exact) mass is 329 g/mol. The normalized spacial score (nSPS) is 17.9. The van der Waals surface area contributed by atoms with E-state index >= 15 is 0 Å². The Morgan fingerprint density at radius 3 is 2.33 bits per heavy atom. The van der Waals surface area contributed by atoms with Gasteiger partial charge in [-0.2, -0.15) is 0 Å². The summed E-state index contributed by atoms with van der Waals surface area (Å²) in [6.07, 6.45) is 0. The highest BCUT2D eigenvalue weighted by Crippen LogP contribution is 2.41. The van der Waals surface area contributed by atoms with Crippen LogP contribution in [-0.2, 0) is 19.1 Å². The van der Waals surface area contributed by atoms with Crippen LogP contribution in [0, 0.1) is 6.92 Å². The third kappa shape index (κ3) is 3.20. The fourth-order valence-corrected chi connectivity index (χ4v) is 3.05. The highest BCUT2D eigenvalue weighted by Gasteiger charge is 2.35. The standard InChI is InChI=1S/C19H23NO4/c1-12-6-8-15(9-7-12)18-16(10-24-11-21)13(2)20(4)14(3)17(18)19(22)23-5/h6-9,11,18H,10H2,1-5H3. The number of ether oxygens (including phenoxy) is 2. The van der Waals surface area contributed by atoms with Crippen LogP contribution in [0.25, 0.3) is 0 Å². The van der Waals surface area contributed by atoms with Crippen molar-refractivity contribution in [3.05, 3.63) is 57.9 Å². The Labute approximate surface area is 142 Å². The van der Waals surface area contributed by atoms with E-state index < -0.39 is 0 Å². The molecule has 1 aliphatic heterocycles. The number of carbonyl (C=O) groups is 2. The average Bonchev–Trinajstić information content (AvgIpc) is 2.59. The highest BCUT2D eigenvalue weighted by molar-refractivity contribution is 5.92. The molecule has 0 saturated carbocycles. The minimum absolute atomic E-state index is 0.131. The molecule has 0 aliphatic carbocycles. The third-order valence-electron chi connectivity index (χ3n) is 4.62. The van der Waals surface area contributed by atoms with Crippen LogP contribution in [0.2, 0.25) is 0 Å². The van der Waals surface area contributed by atoms with E-state index in [2.05, 4.69) is 0 Å². The lowest BCUT2D eigenvalue weighted by molar-refractivity contribution is -0.136. The Bertz CT molecular complexity index is 701. The maximum atomic E-state index is 12.5. The SMILES string of the molecule is COC(=O)C1=C(C)N(C)C(C)=C(COC=O)C1c1ccc(C)cc1. The van der Waals surface area contributed by atoms with E-state index in [1.165, 1.54) is 7.11 Å². The summed E-state index contributed by atoms with van der Waals surface area (Å²) in [4.78, 5) is 25.1. The van der Waals surface area contributed by atoms with Gasteiger partial charge >= 0.3 is 5.97 Å². The minimum atomic E-state index is -0.374.